The SMILES string of the molecule is CC/C=C\C/C=C\C/C=C\C/C=C\CCCCCCCCCCCCCCC(=O)OCC(COC(=O)CCCCCCCC)OC(=O)CCCCCCCCCCC/C=C\CCCCCCCCCC. The van der Waals surface area contributed by atoms with Crippen LogP contribution in [-0.2, 0) is 28.6 Å². The minimum absolute atomic E-state index is 0.0734. The smallest absolute Gasteiger partial charge is 0.306 e. The number of carbonyl (C=O) groups excluding carboxylic acids is 3. The van der Waals surface area contributed by atoms with Crippen molar-refractivity contribution in [3.63, 3.8) is 0 Å². The number of esters is 3. The van der Waals surface area contributed by atoms with Gasteiger partial charge in [0, 0.05) is 19.3 Å². The second kappa shape index (κ2) is 58.7. The van der Waals surface area contributed by atoms with Crippen LogP contribution in [0.15, 0.2) is 60.8 Å². The highest BCUT2D eigenvalue weighted by molar-refractivity contribution is 5.71. The van der Waals surface area contributed by atoms with Crippen molar-refractivity contribution in [1.29, 1.82) is 0 Å². The zero-order chi connectivity index (χ0) is 50.7. The molecule has 1 atom stereocenters. The summed E-state index contributed by atoms with van der Waals surface area (Å²) in [4.78, 5) is 37.9. The Kier molecular flexibility index (Phi) is 56.3. The molecule has 0 heterocycles. The van der Waals surface area contributed by atoms with E-state index in [9.17, 15) is 14.4 Å². The Bertz CT molecular complexity index is 1260. The number of carbonyl (C=O) groups is 3. The van der Waals surface area contributed by atoms with Crippen LogP contribution in [0.3, 0.4) is 0 Å². The normalized spacial score (nSPS) is 12.4. The van der Waals surface area contributed by atoms with Gasteiger partial charge in [0.2, 0.25) is 0 Å². The lowest BCUT2D eigenvalue weighted by molar-refractivity contribution is -0.167. The molecule has 70 heavy (non-hydrogen) atoms. The Morgan fingerprint density at radius 2 is 0.557 bits per heavy atom. The molecule has 0 spiro atoms. The van der Waals surface area contributed by atoms with Crippen molar-refractivity contribution in [2.45, 2.75) is 316 Å². The molecule has 0 radical (unpaired) electrons. The maximum absolute atomic E-state index is 12.8. The molecule has 0 aliphatic rings. The van der Waals surface area contributed by atoms with E-state index in [1.165, 1.54) is 186 Å². The van der Waals surface area contributed by atoms with Gasteiger partial charge in [-0.25, -0.2) is 0 Å². The van der Waals surface area contributed by atoms with Crippen molar-refractivity contribution >= 4 is 17.9 Å². The maximum Gasteiger partial charge on any atom is 0.306 e. The fourth-order valence-corrected chi connectivity index (χ4v) is 8.72. The molecule has 1 unspecified atom stereocenters. The van der Waals surface area contributed by atoms with E-state index in [0.29, 0.717) is 19.3 Å². The molecule has 0 saturated carbocycles. The average molecular weight is 980 g/mol. The molecular weight excluding hydrogens is 865 g/mol. The molecule has 0 fully saturated rings. The van der Waals surface area contributed by atoms with E-state index in [-0.39, 0.29) is 31.1 Å². The number of rotatable bonds is 55. The first-order valence-corrected chi connectivity index (χ1v) is 30.3. The fraction of sp³-hybridized carbons (Fsp3) is 0.797. The number of ether oxygens (including phenoxy) is 3. The quantitative estimate of drug-likeness (QED) is 0.0261. The lowest BCUT2D eigenvalue weighted by Crippen LogP contribution is -2.30. The van der Waals surface area contributed by atoms with E-state index in [2.05, 4.69) is 81.5 Å². The lowest BCUT2D eigenvalue weighted by atomic mass is 10.0. The van der Waals surface area contributed by atoms with E-state index in [0.717, 1.165) is 83.5 Å². The largest absolute Gasteiger partial charge is 0.462 e. The molecule has 0 aliphatic carbocycles. The minimum atomic E-state index is -0.772. The van der Waals surface area contributed by atoms with E-state index >= 15 is 0 Å². The monoisotopic (exact) mass is 979 g/mol. The van der Waals surface area contributed by atoms with Gasteiger partial charge in [0.05, 0.1) is 0 Å². The van der Waals surface area contributed by atoms with Crippen LogP contribution in [-0.4, -0.2) is 37.2 Å². The summed E-state index contributed by atoms with van der Waals surface area (Å²) in [5, 5.41) is 0. The van der Waals surface area contributed by atoms with E-state index in [4.69, 9.17) is 14.2 Å². The molecule has 0 aliphatic heterocycles. The van der Waals surface area contributed by atoms with Crippen molar-refractivity contribution < 1.29 is 28.6 Å². The van der Waals surface area contributed by atoms with Crippen LogP contribution in [0.25, 0.3) is 0 Å². The summed E-state index contributed by atoms with van der Waals surface area (Å²) < 4.78 is 16.8. The topological polar surface area (TPSA) is 78.9 Å². The van der Waals surface area contributed by atoms with Gasteiger partial charge in [-0.2, -0.15) is 0 Å². The summed E-state index contributed by atoms with van der Waals surface area (Å²) >= 11 is 0. The zero-order valence-electron chi connectivity index (χ0n) is 46.5. The summed E-state index contributed by atoms with van der Waals surface area (Å²) in [6, 6.07) is 0. The van der Waals surface area contributed by atoms with Crippen LogP contribution < -0.4 is 0 Å². The van der Waals surface area contributed by atoms with Crippen molar-refractivity contribution in [1.82, 2.24) is 0 Å². The van der Waals surface area contributed by atoms with E-state index < -0.39 is 6.10 Å². The van der Waals surface area contributed by atoms with Gasteiger partial charge in [-0.15, -0.1) is 0 Å². The van der Waals surface area contributed by atoms with Gasteiger partial charge >= 0.3 is 17.9 Å². The third kappa shape index (κ3) is 56.0. The Hall–Kier alpha value is -2.89. The molecule has 0 rings (SSSR count). The molecule has 0 aromatic rings. The van der Waals surface area contributed by atoms with Crippen LogP contribution in [0.5, 0.6) is 0 Å². The van der Waals surface area contributed by atoms with Crippen molar-refractivity contribution in [3.05, 3.63) is 60.8 Å². The molecular formula is C64H114O6. The molecule has 0 N–H and O–H groups in total. The fourth-order valence-electron chi connectivity index (χ4n) is 8.72. The number of hydrogen-bond donors (Lipinski definition) is 0. The van der Waals surface area contributed by atoms with E-state index in [1.807, 2.05) is 0 Å². The summed E-state index contributed by atoms with van der Waals surface area (Å²) in [6.45, 7) is 6.50. The molecule has 6 nitrogen and oxygen atoms in total. The van der Waals surface area contributed by atoms with Gasteiger partial charge in [-0.1, -0.05) is 268 Å². The van der Waals surface area contributed by atoms with Gasteiger partial charge in [-0.05, 0) is 83.5 Å². The summed E-state index contributed by atoms with van der Waals surface area (Å²) in [7, 11) is 0. The highest BCUT2D eigenvalue weighted by atomic mass is 16.6. The predicted octanol–water partition coefficient (Wildman–Crippen LogP) is 20.4. The second-order valence-corrected chi connectivity index (χ2v) is 20.2. The molecule has 6 heteroatoms. The van der Waals surface area contributed by atoms with Crippen molar-refractivity contribution in [2.75, 3.05) is 13.2 Å². The Morgan fingerprint density at radius 1 is 0.300 bits per heavy atom. The van der Waals surface area contributed by atoms with Gasteiger partial charge in [0.15, 0.2) is 6.10 Å². The number of allylic oxidation sites excluding steroid dienone is 10. The van der Waals surface area contributed by atoms with Gasteiger partial charge in [-0.3, -0.25) is 14.4 Å². The first-order chi connectivity index (χ1) is 34.5. The molecule has 0 saturated heterocycles. The molecule has 0 aromatic carbocycles. The number of hydrogen-bond acceptors (Lipinski definition) is 6. The second-order valence-electron chi connectivity index (χ2n) is 20.2. The highest BCUT2D eigenvalue weighted by Gasteiger charge is 2.19. The summed E-state index contributed by atoms with van der Waals surface area (Å²) in [5.74, 6) is -0.874. The van der Waals surface area contributed by atoms with E-state index in [1.54, 1.807) is 0 Å². The third-order valence-corrected chi connectivity index (χ3v) is 13.3. The lowest BCUT2D eigenvalue weighted by Gasteiger charge is -2.18. The molecule has 0 amide bonds. The Morgan fingerprint density at radius 3 is 0.886 bits per heavy atom. The molecule has 0 bridgehead atoms. The third-order valence-electron chi connectivity index (χ3n) is 13.3. The van der Waals surface area contributed by atoms with Crippen LogP contribution in [0, 0.1) is 0 Å². The average Bonchev–Trinajstić information content (AvgIpc) is 3.36. The first kappa shape index (κ1) is 67.1. The van der Waals surface area contributed by atoms with Crippen molar-refractivity contribution in [2.24, 2.45) is 0 Å². The molecule has 0 aromatic heterocycles. The van der Waals surface area contributed by atoms with Gasteiger partial charge in [0.1, 0.15) is 13.2 Å². The number of unbranched alkanes of at least 4 members (excludes halogenated alkanes) is 34. The first-order valence-electron chi connectivity index (χ1n) is 30.3. The molecule has 406 valence electrons. The van der Waals surface area contributed by atoms with Crippen LogP contribution >= 0.6 is 0 Å². The summed E-state index contributed by atoms with van der Waals surface area (Å²) in [5.41, 5.74) is 0. The predicted molar refractivity (Wildman–Crippen MR) is 302 cm³/mol. The van der Waals surface area contributed by atoms with Crippen molar-refractivity contribution in [3.8, 4) is 0 Å². The van der Waals surface area contributed by atoms with Gasteiger partial charge < -0.3 is 14.2 Å². The Balaban J connectivity index is 4.10. The van der Waals surface area contributed by atoms with Crippen LogP contribution in [0.1, 0.15) is 310 Å². The van der Waals surface area contributed by atoms with Crippen LogP contribution in [0.4, 0.5) is 0 Å². The minimum Gasteiger partial charge on any atom is -0.462 e. The zero-order valence-corrected chi connectivity index (χ0v) is 46.5. The maximum atomic E-state index is 12.8. The van der Waals surface area contributed by atoms with Gasteiger partial charge in [0.25, 0.3) is 0 Å². The Labute approximate surface area is 434 Å². The standard InChI is InChI=1S/C64H114O6/c1-4-7-10-13-16-18-20-22-24-26-28-30-31-32-33-35-36-38-40-42-44-46-48-51-54-57-63(66)69-60-61(59-68-62(65)56-53-50-15-12-9-6-3)70-64(67)58-55-52-49-47-45-43-41-39-37-34-29-27-25-23-21-19-17-14-11-8-5-2/h7,10,16,18,22,24,27-30,61H,4-6,8-9,11-15,17,19-21,23,25-26,31-60H2,1-3H3/b10-7-,18-16-,24-22-,29-27-,30-28-. The van der Waals surface area contributed by atoms with Crippen LogP contribution in [0.2, 0.25) is 0 Å². The highest BCUT2D eigenvalue weighted by Crippen LogP contribution is 2.16. The summed E-state index contributed by atoms with van der Waals surface area (Å²) in [6.07, 6.45) is 74.0.